The number of carbonyl (C=O) groups is 1. The van der Waals surface area contributed by atoms with Gasteiger partial charge in [0.05, 0.1) is 12.6 Å². The van der Waals surface area contributed by atoms with Crippen LogP contribution in [-0.4, -0.2) is 39.9 Å². The zero-order valence-corrected chi connectivity index (χ0v) is 24.6. The number of amides is 1. The van der Waals surface area contributed by atoms with Crippen LogP contribution in [0, 0.1) is 13.8 Å². The number of aryl methyl sites for hydroxylation is 3. The first-order valence-electron chi connectivity index (χ1n) is 14.6. The Morgan fingerprint density at radius 1 is 0.878 bits per heavy atom. The summed E-state index contributed by atoms with van der Waals surface area (Å²) >= 11 is 6.77. The Bertz CT molecular complexity index is 1560. The predicted molar refractivity (Wildman–Crippen MR) is 165 cm³/mol. The van der Waals surface area contributed by atoms with Gasteiger partial charge in [0, 0.05) is 24.2 Å². The standard InChI is InChI=1S/C36H37ClN2O2/c1-24-19-26(20-25(2)36(24)41)22-39(30-16-15-27-9-3-4-11-29(27)21-30)34(40)23-38-18-17-28-10-5-6-12-31(28)35(38)32-13-7-8-14-33(32)37/h3-14,19-20,30,35,41H,15-18,21-23H2,1-2H3. The second kappa shape index (κ2) is 11.7. The molecule has 0 radical (unpaired) electrons. The summed E-state index contributed by atoms with van der Waals surface area (Å²) in [5.41, 5.74) is 9.04. The average molecular weight is 565 g/mol. The number of phenols is 1. The Kier molecular flexibility index (Phi) is 7.88. The summed E-state index contributed by atoms with van der Waals surface area (Å²) in [7, 11) is 0. The Labute approximate surface area is 248 Å². The third-order valence-electron chi connectivity index (χ3n) is 8.91. The van der Waals surface area contributed by atoms with Crippen molar-refractivity contribution in [3.63, 3.8) is 0 Å². The molecule has 210 valence electrons. The Morgan fingerprint density at radius 3 is 2.24 bits per heavy atom. The van der Waals surface area contributed by atoms with E-state index in [0.717, 1.165) is 59.5 Å². The molecule has 0 saturated carbocycles. The van der Waals surface area contributed by atoms with Gasteiger partial charge in [0.25, 0.3) is 0 Å². The van der Waals surface area contributed by atoms with E-state index >= 15 is 0 Å². The van der Waals surface area contributed by atoms with Crippen molar-refractivity contribution < 1.29 is 9.90 Å². The monoisotopic (exact) mass is 564 g/mol. The molecule has 2 aliphatic rings. The van der Waals surface area contributed by atoms with Crippen LogP contribution in [0.3, 0.4) is 0 Å². The molecule has 5 heteroatoms. The van der Waals surface area contributed by atoms with Crippen molar-refractivity contribution in [3.05, 3.63) is 134 Å². The van der Waals surface area contributed by atoms with Crippen LogP contribution in [-0.2, 0) is 30.6 Å². The van der Waals surface area contributed by atoms with Crippen LogP contribution >= 0.6 is 11.6 Å². The number of hydrogen-bond acceptors (Lipinski definition) is 3. The quantitative estimate of drug-likeness (QED) is 0.269. The lowest BCUT2D eigenvalue weighted by Gasteiger charge is -2.41. The number of carbonyl (C=O) groups excluding carboxylic acids is 1. The summed E-state index contributed by atoms with van der Waals surface area (Å²) in [6.07, 6.45) is 3.67. The van der Waals surface area contributed by atoms with Gasteiger partial charge in [0.2, 0.25) is 5.91 Å². The second-order valence-corrected chi connectivity index (χ2v) is 12.0. The van der Waals surface area contributed by atoms with Crippen molar-refractivity contribution in [3.8, 4) is 5.75 Å². The summed E-state index contributed by atoms with van der Waals surface area (Å²) in [6.45, 7) is 5.48. The number of benzene rings is 4. The lowest BCUT2D eigenvalue weighted by atomic mass is 9.86. The molecule has 4 nitrogen and oxygen atoms in total. The van der Waals surface area contributed by atoms with Gasteiger partial charge in [-0.05, 0) is 90.1 Å². The first-order valence-corrected chi connectivity index (χ1v) is 15.0. The average Bonchev–Trinajstić information content (AvgIpc) is 2.98. The van der Waals surface area contributed by atoms with Crippen LogP contribution in [0.15, 0.2) is 84.9 Å². The maximum Gasteiger partial charge on any atom is 0.237 e. The minimum absolute atomic E-state index is 0.0790. The fraction of sp³-hybridized carbons (Fsp3) is 0.306. The number of phenolic OH excluding ortho intramolecular Hbond substituents is 1. The third-order valence-corrected chi connectivity index (χ3v) is 9.25. The summed E-state index contributed by atoms with van der Waals surface area (Å²) in [5.74, 6) is 0.460. The number of aromatic hydroxyl groups is 1. The van der Waals surface area contributed by atoms with Gasteiger partial charge in [0.1, 0.15) is 5.75 Å². The van der Waals surface area contributed by atoms with Crippen molar-refractivity contribution in [2.75, 3.05) is 13.1 Å². The van der Waals surface area contributed by atoms with Crippen molar-refractivity contribution in [2.45, 2.75) is 58.2 Å². The van der Waals surface area contributed by atoms with Gasteiger partial charge in [0.15, 0.2) is 0 Å². The molecule has 0 bridgehead atoms. The first-order chi connectivity index (χ1) is 19.9. The third kappa shape index (κ3) is 5.64. The van der Waals surface area contributed by atoms with Crippen LogP contribution < -0.4 is 0 Å². The molecule has 0 spiro atoms. The zero-order valence-electron chi connectivity index (χ0n) is 23.8. The number of halogens is 1. The molecule has 2 unspecified atom stereocenters. The van der Waals surface area contributed by atoms with Crippen molar-refractivity contribution in [1.82, 2.24) is 9.80 Å². The van der Waals surface area contributed by atoms with Gasteiger partial charge in [-0.15, -0.1) is 0 Å². The highest BCUT2D eigenvalue weighted by atomic mass is 35.5. The molecule has 1 heterocycles. The SMILES string of the molecule is Cc1cc(CN(C(=O)CN2CCc3ccccc3C2c2ccccc2Cl)C2CCc3ccccc3C2)cc(C)c1O. The molecular formula is C36H37ClN2O2. The smallest absolute Gasteiger partial charge is 0.237 e. The molecule has 1 aliphatic carbocycles. The molecule has 41 heavy (non-hydrogen) atoms. The molecule has 0 aromatic heterocycles. The highest BCUT2D eigenvalue weighted by Gasteiger charge is 2.34. The number of nitrogens with zero attached hydrogens (tertiary/aromatic N) is 2. The van der Waals surface area contributed by atoms with E-state index in [0.29, 0.717) is 18.8 Å². The maximum absolute atomic E-state index is 14.4. The lowest BCUT2D eigenvalue weighted by molar-refractivity contribution is -0.136. The highest BCUT2D eigenvalue weighted by Crippen LogP contribution is 2.38. The number of fused-ring (bicyclic) bond motifs is 2. The van der Waals surface area contributed by atoms with Crippen LogP contribution in [0.2, 0.25) is 5.02 Å². The van der Waals surface area contributed by atoms with Gasteiger partial charge < -0.3 is 10.0 Å². The summed E-state index contributed by atoms with van der Waals surface area (Å²) < 4.78 is 0. The van der Waals surface area contributed by atoms with E-state index in [2.05, 4.69) is 64.4 Å². The van der Waals surface area contributed by atoms with E-state index in [1.807, 2.05) is 44.2 Å². The summed E-state index contributed by atoms with van der Waals surface area (Å²) in [4.78, 5) is 18.9. The molecule has 0 fully saturated rings. The summed E-state index contributed by atoms with van der Waals surface area (Å²) in [5, 5.41) is 11.1. The molecule has 6 rings (SSSR count). The fourth-order valence-electron chi connectivity index (χ4n) is 6.81. The predicted octanol–water partition coefficient (Wildman–Crippen LogP) is 7.20. The van der Waals surface area contributed by atoms with Crippen LogP contribution in [0.1, 0.15) is 57.0 Å². The number of hydrogen-bond donors (Lipinski definition) is 1. The van der Waals surface area contributed by atoms with Gasteiger partial charge in [-0.25, -0.2) is 0 Å². The number of rotatable bonds is 6. The highest BCUT2D eigenvalue weighted by molar-refractivity contribution is 6.31. The van der Waals surface area contributed by atoms with Gasteiger partial charge in [-0.3, -0.25) is 9.69 Å². The molecule has 0 saturated heterocycles. The van der Waals surface area contributed by atoms with E-state index in [1.54, 1.807) is 0 Å². The van der Waals surface area contributed by atoms with Crippen molar-refractivity contribution in [1.29, 1.82) is 0 Å². The minimum atomic E-state index is -0.0790. The maximum atomic E-state index is 14.4. The normalized spacial score (nSPS) is 18.4. The Hall–Kier alpha value is -3.60. The molecule has 1 amide bonds. The van der Waals surface area contributed by atoms with E-state index in [1.165, 1.54) is 22.3 Å². The van der Waals surface area contributed by atoms with E-state index in [4.69, 9.17) is 11.6 Å². The van der Waals surface area contributed by atoms with Crippen LogP contribution in [0.25, 0.3) is 0 Å². The molecule has 1 aliphatic heterocycles. The van der Waals surface area contributed by atoms with Gasteiger partial charge in [-0.2, -0.15) is 0 Å². The minimum Gasteiger partial charge on any atom is -0.507 e. The Balaban J connectivity index is 1.33. The zero-order chi connectivity index (χ0) is 28.5. The van der Waals surface area contributed by atoms with E-state index in [-0.39, 0.29) is 18.0 Å². The molecule has 2 atom stereocenters. The molecule has 4 aromatic carbocycles. The molecular weight excluding hydrogens is 528 g/mol. The molecule has 4 aromatic rings. The van der Waals surface area contributed by atoms with Crippen LogP contribution in [0.5, 0.6) is 5.75 Å². The first kappa shape index (κ1) is 27.6. The fourth-order valence-corrected chi connectivity index (χ4v) is 7.05. The topological polar surface area (TPSA) is 43.8 Å². The van der Waals surface area contributed by atoms with Gasteiger partial charge in [-0.1, -0.05) is 90.5 Å². The van der Waals surface area contributed by atoms with Crippen LogP contribution in [0.4, 0.5) is 0 Å². The van der Waals surface area contributed by atoms with E-state index in [9.17, 15) is 9.90 Å². The Morgan fingerprint density at radius 2 is 1.51 bits per heavy atom. The van der Waals surface area contributed by atoms with E-state index < -0.39 is 0 Å². The van der Waals surface area contributed by atoms with Gasteiger partial charge >= 0.3 is 0 Å². The van der Waals surface area contributed by atoms with Crippen molar-refractivity contribution in [2.24, 2.45) is 0 Å². The summed E-state index contributed by atoms with van der Waals surface area (Å²) in [6, 6.07) is 29.2. The lowest BCUT2D eigenvalue weighted by Crippen LogP contribution is -2.49. The van der Waals surface area contributed by atoms with Crippen molar-refractivity contribution >= 4 is 17.5 Å². The molecule has 1 N–H and O–H groups in total. The second-order valence-electron chi connectivity index (χ2n) is 11.6. The largest absolute Gasteiger partial charge is 0.507 e.